The molecule has 164 valence electrons. The van der Waals surface area contributed by atoms with E-state index < -0.39 is 0 Å². The molecule has 0 saturated heterocycles. The summed E-state index contributed by atoms with van der Waals surface area (Å²) in [6, 6.07) is 17.7. The zero-order chi connectivity index (χ0) is 21.9. The predicted octanol–water partition coefficient (Wildman–Crippen LogP) is 4.93. The maximum absolute atomic E-state index is 13.8. The molecule has 0 spiro atoms. The molecule has 0 bridgehead atoms. The number of carbonyl (C=O) groups excluding carboxylic acids is 1. The highest BCUT2D eigenvalue weighted by Gasteiger charge is 2.40. The van der Waals surface area contributed by atoms with Crippen molar-refractivity contribution in [2.45, 2.75) is 44.7 Å². The highest BCUT2D eigenvalue weighted by atomic mass is 16.5. The average Bonchev–Trinajstić information content (AvgIpc) is 2.85. The molecular formula is C25H28N5O2+. The third-order valence-electron chi connectivity index (χ3n) is 6.24. The quantitative estimate of drug-likeness (QED) is 0.623. The third kappa shape index (κ3) is 3.98. The number of carbonyl (C=O) groups is 1. The summed E-state index contributed by atoms with van der Waals surface area (Å²) >= 11 is 0. The Bertz CT molecular complexity index is 1080. The summed E-state index contributed by atoms with van der Waals surface area (Å²) in [6.07, 6.45) is 7.48. The summed E-state index contributed by atoms with van der Waals surface area (Å²) in [5.74, 6) is 2.15. The third-order valence-corrected chi connectivity index (χ3v) is 6.24. The van der Waals surface area contributed by atoms with Gasteiger partial charge in [0, 0.05) is 11.7 Å². The molecule has 1 aromatic heterocycles. The number of hydrogen-bond donors (Lipinski definition) is 1. The second kappa shape index (κ2) is 8.86. The summed E-state index contributed by atoms with van der Waals surface area (Å²) in [4.78, 5) is 25.6. The van der Waals surface area contributed by atoms with Gasteiger partial charge in [0.05, 0.1) is 31.1 Å². The number of ether oxygens (including phenoxy) is 1. The minimum Gasteiger partial charge on any atom is -0.497 e. The van der Waals surface area contributed by atoms with Gasteiger partial charge in [0.2, 0.25) is 5.82 Å². The van der Waals surface area contributed by atoms with Crippen molar-refractivity contribution in [2.24, 2.45) is 0 Å². The van der Waals surface area contributed by atoms with Crippen LogP contribution in [0.4, 0.5) is 27.9 Å². The number of hydrogen-bond acceptors (Lipinski definition) is 4. The van der Waals surface area contributed by atoms with Crippen LogP contribution in [-0.4, -0.2) is 24.2 Å². The number of amides is 2. The summed E-state index contributed by atoms with van der Waals surface area (Å²) < 4.78 is 5.28. The standard InChI is InChI=1S/C25H27N5O2/c1-32-22-14-12-20(13-15-22)29-17-18-16-26-24(27-19-8-4-2-5-9-19)28-23(18)30(25(29)31)21-10-6-3-7-11-21/h2,4-5,8-9,12-16,21H,3,6-7,10-11,17H2,1H3,(H,26,27,28)/p+1. The Morgan fingerprint density at radius 3 is 2.50 bits per heavy atom. The smallest absolute Gasteiger partial charge is 0.396 e. The van der Waals surface area contributed by atoms with Crippen LogP contribution in [0.1, 0.15) is 37.7 Å². The van der Waals surface area contributed by atoms with Gasteiger partial charge in [0.1, 0.15) is 5.75 Å². The molecule has 5 rings (SSSR count). The molecular weight excluding hydrogens is 402 g/mol. The maximum atomic E-state index is 13.8. The van der Waals surface area contributed by atoms with Crippen molar-refractivity contribution >= 4 is 29.2 Å². The van der Waals surface area contributed by atoms with Gasteiger partial charge in [-0.3, -0.25) is 9.80 Å². The highest BCUT2D eigenvalue weighted by molar-refractivity contribution is 6.05. The van der Waals surface area contributed by atoms with Crippen LogP contribution in [0.5, 0.6) is 5.75 Å². The maximum Gasteiger partial charge on any atom is 0.396 e. The number of urea groups is 1. The first kappa shape index (κ1) is 20.3. The van der Waals surface area contributed by atoms with Crippen molar-refractivity contribution < 1.29 is 14.5 Å². The van der Waals surface area contributed by atoms with Crippen molar-refractivity contribution in [3.63, 3.8) is 0 Å². The number of rotatable bonds is 5. The lowest BCUT2D eigenvalue weighted by Gasteiger charge is -2.40. The number of fused-ring (bicyclic) bond motifs is 1. The normalized spacial score (nSPS) is 16.6. The number of aromatic nitrogens is 2. The molecule has 2 amide bonds. The van der Waals surface area contributed by atoms with Gasteiger partial charge in [0.25, 0.3) is 0 Å². The van der Waals surface area contributed by atoms with Crippen molar-refractivity contribution in [3.05, 3.63) is 66.4 Å². The summed E-state index contributed by atoms with van der Waals surface area (Å²) in [7, 11) is 1.64. The van der Waals surface area contributed by atoms with Crippen LogP contribution in [0.3, 0.4) is 0 Å². The highest BCUT2D eigenvalue weighted by Crippen LogP contribution is 2.36. The van der Waals surface area contributed by atoms with Crippen LogP contribution in [0.2, 0.25) is 0 Å². The minimum atomic E-state index is -0.0149. The largest absolute Gasteiger partial charge is 0.497 e. The molecule has 1 aliphatic heterocycles. The molecule has 2 N–H and O–H groups in total. The minimum absolute atomic E-state index is 0.0149. The fraction of sp³-hybridized carbons (Fsp3) is 0.320. The summed E-state index contributed by atoms with van der Waals surface area (Å²) in [5.41, 5.74) is 2.81. The van der Waals surface area contributed by atoms with Gasteiger partial charge < -0.3 is 4.74 Å². The molecule has 7 nitrogen and oxygen atoms in total. The van der Waals surface area contributed by atoms with Crippen LogP contribution in [0.15, 0.2) is 60.8 Å². The zero-order valence-electron chi connectivity index (χ0n) is 18.3. The van der Waals surface area contributed by atoms with Crippen molar-refractivity contribution in [1.82, 2.24) is 4.98 Å². The van der Waals surface area contributed by atoms with E-state index in [1.165, 1.54) is 6.42 Å². The Balaban J connectivity index is 1.51. The predicted molar refractivity (Wildman–Crippen MR) is 124 cm³/mol. The molecule has 7 heteroatoms. The Morgan fingerprint density at radius 1 is 1.03 bits per heavy atom. The zero-order valence-corrected chi connectivity index (χ0v) is 18.3. The van der Waals surface area contributed by atoms with E-state index in [1.807, 2.05) is 70.6 Å². The van der Waals surface area contributed by atoms with E-state index in [2.05, 4.69) is 10.3 Å². The van der Waals surface area contributed by atoms with Gasteiger partial charge in [-0.25, -0.2) is 15.1 Å². The Kier molecular flexibility index (Phi) is 5.62. The SMILES string of the molecule is COc1ccc(N2Cc3c[nH+]c(Nc4ccccc4)nc3N(C3CCCCC3)C2=O)cc1. The van der Waals surface area contributed by atoms with E-state index in [4.69, 9.17) is 9.72 Å². The van der Waals surface area contributed by atoms with E-state index in [0.29, 0.717) is 12.5 Å². The molecule has 3 aromatic rings. The monoisotopic (exact) mass is 430 g/mol. The molecule has 1 fully saturated rings. The fourth-order valence-electron chi connectivity index (χ4n) is 4.57. The van der Waals surface area contributed by atoms with E-state index in [9.17, 15) is 4.79 Å². The first-order valence-corrected chi connectivity index (χ1v) is 11.2. The van der Waals surface area contributed by atoms with Gasteiger partial charge in [-0.2, -0.15) is 0 Å². The molecule has 2 aromatic carbocycles. The van der Waals surface area contributed by atoms with Gasteiger partial charge in [-0.05, 0) is 49.2 Å². The number of H-pyrrole nitrogens is 1. The van der Waals surface area contributed by atoms with Gasteiger partial charge in [0.15, 0.2) is 0 Å². The van der Waals surface area contributed by atoms with E-state index in [1.54, 1.807) is 7.11 Å². The summed E-state index contributed by atoms with van der Waals surface area (Å²) in [6.45, 7) is 0.471. The molecule has 2 heterocycles. The van der Waals surface area contributed by atoms with Crippen molar-refractivity contribution in [3.8, 4) is 5.75 Å². The molecule has 0 atom stereocenters. The van der Waals surface area contributed by atoms with Gasteiger partial charge in [-0.15, -0.1) is 0 Å². The molecule has 1 aliphatic carbocycles. The Labute approximate surface area is 188 Å². The van der Waals surface area contributed by atoms with Crippen LogP contribution >= 0.6 is 0 Å². The Hall–Kier alpha value is -3.61. The molecule has 32 heavy (non-hydrogen) atoms. The van der Waals surface area contributed by atoms with Crippen molar-refractivity contribution in [1.29, 1.82) is 0 Å². The van der Waals surface area contributed by atoms with Crippen LogP contribution in [-0.2, 0) is 6.54 Å². The number of nitrogens with one attached hydrogen (secondary N) is 2. The van der Waals surface area contributed by atoms with Crippen molar-refractivity contribution in [2.75, 3.05) is 22.2 Å². The second-order valence-electron chi connectivity index (χ2n) is 8.32. The number of aromatic amines is 1. The fourth-order valence-corrected chi connectivity index (χ4v) is 4.57. The molecule has 0 radical (unpaired) electrons. The number of para-hydroxylation sites is 1. The first-order valence-electron chi connectivity index (χ1n) is 11.2. The number of anilines is 4. The lowest BCUT2D eigenvalue weighted by Crippen LogP contribution is -2.53. The Morgan fingerprint density at radius 2 is 1.78 bits per heavy atom. The molecule has 1 saturated carbocycles. The molecule has 0 unspecified atom stereocenters. The molecule has 2 aliphatic rings. The second-order valence-corrected chi connectivity index (χ2v) is 8.32. The van der Waals surface area contributed by atoms with Gasteiger partial charge in [-0.1, -0.05) is 42.4 Å². The number of methoxy groups -OCH3 is 1. The average molecular weight is 431 g/mol. The lowest BCUT2D eigenvalue weighted by atomic mass is 9.93. The van der Waals surface area contributed by atoms with Crippen LogP contribution in [0.25, 0.3) is 0 Å². The number of nitrogens with zero attached hydrogens (tertiary/aromatic N) is 3. The van der Waals surface area contributed by atoms with Gasteiger partial charge >= 0.3 is 12.0 Å². The first-order chi connectivity index (χ1) is 15.7. The van der Waals surface area contributed by atoms with Crippen LogP contribution in [0, 0.1) is 0 Å². The van der Waals surface area contributed by atoms with E-state index in [0.717, 1.165) is 54.2 Å². The number of benzene rings is 2. The lowest BCUT2D eigenvalue weighted by molar-refractivity contribution is -0.365. The topological polar surface area (TPSA) is 71.8 Å². The van der Waals surface area contributed by atoms with E-state index >= 15 is 0 Å². The summed E-state index contributed by atoms with van der Waals surface area (Å²) in [5, 5.41) is 3.32. The van der Waals surface area contributed by atoms with E-state index in [-0.39, 0.29) is 12.1 Å². The van der Waals surface area contributed by atoms with Crippen LogP contribution < -0.4 is 24.8 Å².